The highest BCUT2D eigenvalue weighted by Gasteiger charge is 2.42. The number of alkyl halides is 4. The SMILES string of the molecule is CC1CCC(c2ccc(-c3ccc(-c4cc(F)c(C(F)(F)O/C(C=C(F)F)=C\C(F)F)c(F)c4)c(F)c3)nc2)CC1. The van der Waals surface area contributed by atoms with Crippen LogP contribution in [0.15, 0.2) is 72.7 Å². The minimum Gasteiger partial charge on any atom is -0.429 e. The van der Waals surface area contributed by atoms with Crippen LogP contribution in [0.3, 0.4) is 0 Å². The van der Waals surface area contributed by atoms with Gasteiger partial charge in [-0.25, -0.2) is 22.0 Å². The standard InChI is InChI=1S/C30H24F9NO/c1-16-2-4-17(5-3-16)19-7-9-26(40-15-19)18-6-8-22(23(31)10-18)20-11-24(32)29(25(33)12-20)30(38,39)41-21(13-27(34)35)14-28(36)37/h6-17,27H,2-5H2,1H3/b21-13-. The lowest BCUT2D eigenvalue weighted by molar-refractivity contribution is -0.225. The molecule has 2 aromatic carbocycles. The highest BCUT2D eigenvalue weighted by molar-refractivity contribution is 5.70. The van der Waals surface area contributed by atoms with E-state index in [2.05, 4.69) is 16.6 Å². The first-order valence-electron chi connectivity index (χ1n) is 12.7. The number of ether oxygens (including phenoxy) is 1. The molecule has 1 heterocycles. The number of halogens is 9. The fourth-order valence-electron chi connectivity index (χ4n) is 4.87. The molecular weight excluding hydrogens is 561 g/mol. The molecule has 0 bridgehead atoms. The van der Waals surface area contributed by atoms with E-state index in [0.29, 0.717) is 35.2 Å². The minimum absolute atomic E-state index is 0.323. The van der Waals surface area contributed by atoms with Gasteiger partial charge in [-0.05, 0) is 60.1 Å². The summed E-state index contributed by atoms with van der Waals surface area (Å²) >= 11 is 0. The van der Waals surface area contributed by atoms with Gasteiger partial charge in [0, 0.05) is 29.5 Å². The summed E-state index contributed by atoms with van der Waals surface area (Å²) in [6.07, 6.45) is -5.78. The molecule has 4 rings (SSSR count). The third-order valence-corrected chi connectivity index (χ3v) is 6.97. The number of allylic oxidation sites excluding steroid dienone is 2. The van der Waals surface area contributed by atoms with Gasteiger partial charge in [-0.15, -0.1) is 0 Å². The molecule has 1 aliphatic rings. The third-order valence-electron chi connectivity index (χ3n) is 6.97. The van der Waals surface area contributed by atoms with Crippen LogP contribution in [0.1, 0.15) is 49.7 Å². The van der Waals surface area contributed by atoms with E-state index < -0.39 is 59.0 Å². The maximum Gasteiger partial charge on any atom is 0.432 e. The number of hydrogen-bond acceptors (Lipinski definition) is 2. The summed E-state index contributed by atoms with van der Waals surface area (Å²) in [6.45, 7) is 2.22. The second-order valence-corrected chi connectivity index (χ2v) is 9.90. The Bertz CT molecular complexity index is 1420. The Labute approximate surface area is 230 Å². The number of rotatable bonds is 8. The van der Waals surface area contributed by atoms with Crippen molar-refractivity contribution in [2.24, 2.45) is 5.92 Å². The zero-order chi connectivity index (χ0) is 29.9. The molecule has 0 atom stereocenters. The van der Waals surface area contributed by atoms with Gasteiger partial charge in [0.1, 0.15) is 28.8 Å². The van der Waals surface area contributed by atoms with Crippen molar-refractivity contribution in [3.05, 3.63) is 101 Å². The highest BCUT2D eigenvalue weighted by Crippen LogP contribution is 2.39. The van der Waals surface area contributed by atoms with Gasteiger partial charge in [0.05, 0.1) is 5.69 Å². The number of nitrogens with zero attached hydrogens (tertiary/aromatic N) is 1. The molecule has 1 aliphatic carbocycles. The van der Waals surface area contributed by atoms with Crippen LogP contribution in [0, 0.1) is 23.4 Å². The van der Waals surface area contributed by atoms with Gasteiger partial charge < -0.3 is 4.74 Å². The maximum atomic E-state index is 15.0. The van der Waals surface area contributed by atoms with Gasteiger partial charge in [0.25, 0.3) is 12.5 Å². The smallest absolute Gasteiger partial charge is 0.429 e. The van der Waals surface area contributed by atoms with Crippen molar-refractivity contribution < 1.29 is 44.3 Å². The lowest BCUT2D eigenvalue weighted by atomic mass is 9.80. The van der Waals surface area contributed by atoms with Gasteiger partial charge in [0.15, 0.2) is 0 Å². The van der Waals surface area contributed by atoms with E-state index in [9.17, 15) is 35.1 Å². The number of hydrogen-bond donors (Lipinski definition) is 0. The zero-order valence-electron chi connectivity index (χ0n) is 21.6. The van der Waals surface area contributed by atoms with Gasteiger partial charge in [-0.3, -0.25) is 4.98 Å². The summed E-state index contributed by atoms with van der Waals surface area (Å²) in [5.41, 5.74) is -0.874. The second kappa shape index (κ2) is 12.4. The van der Waals surface area contributed by atoms with Gasteiger partial charge in [-0.2, -0.15) is 17.6 Å². The first-order valence-corrected chi connectivity index (χ1v) is 12.7. The Balaban J connectivity index is 1.58. The predicted octanol–water partition coefficient (Wildman–Crippen LogP) is 10.1. The van der Waals surface area contributed by atoms with E-state index in [1.807, 2.05) is 6.07 Å². The first-order chi connectivity index (χ1) is 19.3. The predicted molar refractivity (Wildman–Crippen MR) is 135 cm³/mol. The average Bonchev–Trinajstić information content (AvgIpc) is 2.87. The average molecular weight is 586 g/mol. The summed E-state index contributed by atoms with van der Waals surface area (Å²) in [4.78, 5) is 4.43. The van der Waals surface area contributed by atoms with Gasteiger partial charge in [-0.1, -0.05) is 38.0 Å². The Hall–Kier alpha value is -3.76. The summed E-state index contributed by atoms with van der Waals surface area (Å²) < 4.78 is 127. The molecule has 3 aromatic rings. The fourth-order valence-corrected chi connectivity index (χ4v) is 4.87. The molecule has 0 unspecified atom stereocenters. The Morgan fingerprint density at radius 1 is 0.902 bits per heavy atom. The molecule has 0 spiro atoms. The van der Waals surface area contributed by atoms with Crippen LogP contribution >= 0.6 is 0 Å². The van der Waals surface area contributed by atoms with Crippen molar-refractivity contribution in [3.8, 4) is 22.4 Å². The molecule has 0 amide bonds. The van der Waals surface area contributed by atoms with Crippen molar-refractivity contribution in [3.63, 3.8) is 0 Å². The van der Waals surface area contributed by atoms with E-state index in [4.69, 9.17) is 0 Å². The van der Waals surface area contributed by atoms with E-state index in [1.165, 1.54) is 12.1 Å². The highest BCUT2D eigenvalue weighted by atomic mass is 19.3. The third kappa shape index (κ3) is 7.31. The van der Waals surface area contributed by atoms with Crippen LogP contribution in [-0.2, 0) is 10.8 Å². The van der Waals surface area contributed by atoms with E-state index in [1.54, 1.807) is 12.3 Å². The van der Waals surface area contributed by atoms with Crippen LogP contribution < -0.4 is 0 Å². The topological polar surface area (TPSA) is 22.1 Å². The Kier molecular flexibility index (Phi) is 9.14. The molecule has 1 saturated carbocycles. The van der Waals surface area contributed by atoms with Gasteiger partial charge >= 0.3 is 6.11 Å². The molecule has 1 aromatic heterocycles. The van der Waals surface area contributed by atoms with Crippen LogP contribution in [0.25, 0.3) is 22.4 Å². The largest absolute Gasteiger partial charge is 0.432 e. The molecule has 0 radical (unpaired) electrons. The van der Waals surface area contributed by atoms with Crippen molar-refractivity contribution in [2.45, 2.75) is 51.1 Å². The lowest BCUT2D eigenvalue weighted by Crippen LogP contribution is -2.22. The van der Waals surface area contributed by atoms with Crippen LogP contribution in [0.2, 0.25) is 0 Å². The molecule has 11 heteroatoms. The van der Waals surface area contributed by atoms with Gasteiger partial charge in [0.2, 0.25) is 0 Å². The molecule has 0 aliphatic heterocycles. The molecule has 0 saturated heterocycles. The lowest BCUT2D eigenvalue weighted by Gasteiger charge is -2.26. The minimum atomic E-state index is -4.96. The first kappa shape index (κ1) is 30.2. The van der Waals surface area contributed by atoms with E-state index in [0.717, 1.165) is 37.3 Å². The van der Waals surface area contributed by atoms with Crippen LogP contribution in [-0.4, -0.2) is 11.4 Å². The fraction of sp³-hybridized carbons (Fsp3) is 0.300. The van der Waals surface area contributed by atoms with Crippen LogP contribution in [0.5, 0.6) is 0 Å². The van der Waals surface area contributed by atoms with Crippen LogP contribution in [0.4, 0.5) is 39.5 Å². The normalized spacial score (nSPS) is 18.0. The Morgan fingerprint density at radius 2 is 1.54 bits per heavy atom. The monoisotopic (exact) mass is 585 g/mol. The molecule has 2 nitrogen and oxygen atoms in total. The molecular formula is C30H24F9NO. The molecule has 1 fully saturated rings. The summed E-state index contributed by atoms with van der Waals surface area (Å²) in [7, 11) is 0. The van der Waals surface area contributed by atoms with E-state index >= 15 is 4.39 Å². The number of benzene rings is 2. The molecule has 218 valence electrons. The Morgan fingerprint density at radius 3 is 2.07 bits per heavy atom. The summed E-state index contributed by atoms with van der Waals surface area (Å²) in [5.74, 6) is -5.35. The second-order valence-electron chi connectivity index (χ2n) is 9.90. The summed E-state index contributed by atoms with van der Waals surface area (Å²) in [5, 5.41) is 0. The van der Waals surface area contributed by atoms with Crippen molar-refractivity contribution in [1.29, 1.82) is 0 Å². The van der Waals surface area contributed by atoms with Crippen molar-refractivity contribution in [1.82, 2.24) is 4.98 Å². The van der Waals surface area contributed by atoms with E-state index in [-0.39, 0.29) is 11.6 Å². The van der Waals surface area contributed by atoms with Crippen molar-refractivity contribution in [2.75, 3.05) is 0 Å². The quantitative estimate of drug-likeness (QED) is 0.149. The summed E-state index contributed by atoms with van der Waals surface area (Å²) in [6, 6.07) is 8.20. The van der Waals surface area contributed by atoms with Crippen molar-refractivity contribution >= 4 is 0 Å². The maximum absolute atomic E-state index is 15.0. The number of aromatic nitrogens is 1. The molecule has 0 N–H and O–H groups in total. The number of pyridine rings is 1. The molecule has 41 heavy (non-hydrogen) atoms. The zero-order valence-corrected chi connectivity index (χ0v) is 21.6.